The lowest BCUT2D eigenvalue weighted by molar-refractivity contribution is -0.120. The molecule has 0 aromatic rings. The maximum absolute atomic E-state index is 11.2. The van der Waals surface area contributed by atoms with E-state index in [2.05, 4.69) is 30.4 Å². The number of rotatable bonds is 9. The molecule has 0 aromatic heterocycles. The molecular formula is C13H24N2O. The van der Waals surface area contributed by atoms with Gasteiger partial charge in [0, 0.05) is 19.0 Å². The van der Waals surface area contributed by atoms with Gasteiger partial charge in [-0.3, -0.25) is 4.79 Å². The Kier molecular flexibility index (Phi) is 9.84. The second-order valence-electron chi connectivity index (χ2n) is 3.93. The monoisotopic (exact) mass is 224 g/mol. The van der Waals surface area contributed by atoms with Gasteiger partial charge in [-0.05, 0) is 12.8 Å². The normalized spacial score (nSPS) is 11.8. The Balaban J connectivity index is 3.54. The van der Waals surface area contributed by atoms with Crippen molar-refractivity contribution >= 4 is 5.91 Å². The molecule has 0 rings (SSSR count). The fourth-order valence-corrected chi connectivity index (χ4v) is 1.53. The standard InChI is InChI=1S/C13H24N2O/c1-4-7-8-12(6-3)14-11-9-13(16)15-10-5-2/h2,12,14H,4,6-11H2,1,3H3,(H,15,16). The number of nitrogens with one attached hydrogen (secondary N) is 2. The third-order valence-electron chi connectivity index (χ3n) is 2.57. The Morgan fingerprint density at radius 1 is 1.44 bits per heavy atom. The summed E-state index contributed by atoms with van der Waals surface area (Å²) in [7, 11) is 0. The SMILES string of the molecule is C#CCNC(=O)CCNC(CC)CCCC. The molecule has 0 radical (unpaired) electrons. The number of carbonyl (C=O) groups excluding carboxylic acids is 1. The summed E-state index contributed by atoms with van der Waals surface area (Å²) in [5.41, 5.74) is 0. The number of amides is 1. The fourth-order valence-electron chi connectivity index (χ4n) is 1.53. The van der Waals surface area contributed by atoms with Gasteiger partial charge in [0.2, 0.25) is 5.91 Å². The molecule has 16 heavy (non-hydrogen) atoms. The Bertz CT molecular complexity index is 220. The molecule has 0 aliphatic rings. The largest absolute Gasteiger partial charge is 0.345 e. The highest BCUT2D eigenvalue weighted by atomic mass is 16.1. The lowest BCUT2D eigenvalue weighted by Gasteiger charge is -2.16. The van der Waals surface area contributed by atoms with E-state index in [1.165, 1.54) is 19.3 Å². The summed E-state index contributed by atoms with van der Waals surface area (Å²) in [5.74, 6) is 2.41. The van der Waals surface area contributed by atoms with Crippen LogP contribution in [-0.4, -0.2) is 25.0 Å². The molecule has 2 N–H and O–H groups in total. The number of carbonyl (C=O) groups is 1. The van der Waals surface area contributed by atoms with E-state index in [0.717, 1.165) is 13.0 Å². The highest BCUT2D eigenvalue weighted by molar-refractivity contribution is 5.76. The lowest BCUT2D eigenvalue weighted by Crippen LogP contribution is -2.33. The summed E-state index contributed by atoms with van der Waals surface area (Å²) >= 11 is 0. The molecule has 0 saturated heterocycles. The van der Waals surface area contributed by atoms with Crippen molar-refractivity contribution in [1.82, 2.24) is 10.6 Å². The molecule has 0 spiro atoms. The molecular weight excluding hydrogens is 200 g/mol. The number of unbranched alkanes of at least 4 members (excludes halogenated alkanes) is 1. The van der Waals surface area contributed by atoms with Crippen LogP contribution in [0.5, 0.6) is 0 Å². The summed E-state index contributed by atoms with van der Waals surface area (Å²) in [6.07, 6.45) is 10.3. The first-order valence-corrected chi connectivity index (χ1v) is 6.18. The van der Waals surface area contributed by atoms with Gasteiger partial charge in [0.25, 0.3) is 0 Å². The van der Waals surface area contributed by atoms with Gasteiger partial charge >= 0.3 is 0 Å². The van der Waals surface area contributed by atoms with Crippen LogP contribution in [0.15, 0.2) is 0 Å². The summed E-state index contributed by atoms with van der Waals surface area (Å²) in [5, 5.41) is 6.05. The Labute approximate surface area is 99.4 Å². The topological polar surface area (TPSA) is 41.1 Å². The zero-order chi connectivity index (χ0) is 12.2. The van der Waals surface area contributed by atoms with Crippen molar-refractivity contribution in [1.29, 1.82) is 0 Å². The van der Waals surface area contributed by atoms with Gasteiger partial charge < -0.3 is 10.6 Å². The molecule has 0 fully saturated rings. The van der Waals surface area contributed by atoms with E-state index in [1.54, 1.807) is 0 Å². The van der Waals surface area contributed by atoms with Gasteiger partial charge in [-0.25, -0.2) is 0 Å². The zero-order valence-electron chi connectivity index (χ0n) is 10.5. The van der Waals surface area contributed by atoms with Gasteiger partial charge in [-0.1, -0.05) is 32.6 Å². The molecule has 3 nitrogen and oxygen atoms in total. The number of hydrogen-bond acceptors (Lipinski definition) is 2. The molecule has 92 valence electrons. The lowest BCUT2D eigenvalue weighted by atomic mass is 10.1. The van der Waals surface area contributed by atoms with E-state index in [4.69, 9.17) is 6.42 Å². The van der Waals surface area contributed by atoms with Crippen LogP contribution in [0.2, 0.25) is 0 Å². The smallest absolute Gasteiger partial charge is 0.222 e. The van der Waals surface area contributed by atoms with Crippen molar-refractivity contribution in [2.24, 2.45) is 0 Å². The van der Waals surface area contributed by atoms with Gasteiger partial charge in [-0.2, -0.15) is 0 Å². The third-order valence-corrected chi connectivity index (χ3v) is 2.57. The van der Waals surface area contributed by atoms with Gasteiger partial charge in [0.15, 0.2) is 0 Å². The number of terminal acetylenes is 1. The van der Waals surface area contributed by atoms with Crippen molar-refractivity contribution in [2.45, 2.75) is 52.0 Å². The quantitative estimate of drug-likeness (QED) is 0.585. The van der Waals surface area contributed by atoms with Crippen LogP contribution in [-0.2, 0) is 4.79 Å². The molecule has 0 saturated carbocycles. The summed E-state index contributed by atoms with van der Waals surface area (Å²) < 4.78 is 0. The van der Waals surface area contributed by atoms with Crippen LogP contribution < -0.4 is 10.6 Å². The molecule has 0 aliphatic heterocycles. The van der Waals surface area contributed by atoms with Crippen LogP contribution in [0, 0.1) is 12.3 Å². The maximum Gasteiger partial charge on any atom is 0.222 e. The Morgan fingerprint density at radius 3 is 2.75 bits per heavy atom. The average molecular weight is 224 g/mol. The minimum Gasteiger partial charge on any atom is -0.345 e. The van der Waals surface area contributed by atoms with Crippen LogP contribution >= 0.6 is 0 Å². The van der Waals surface area contributed by atoms with Crippen molar-refractivity contribution in [3.8, 4) is 12.3 Å². The van der Waals surface area contributed by atoms with Gasteiger partial charge in [-0.15, -0.1) is 6.42 Å². The molecule has 0 heterocycles. The van der Waals surface area contributed by atoms with E-state index in [1.807, 2.05) is 0 Å². The van der Waals surface area contributed by atoms with Crippen molar-refractivity contribution < 1.29 is 4.79 Å². The summed E-state index contributed by atoms with van der Waals surface area (Å²) in [4.78, 5) is 11.2. The third kappa shape index (κ3) is 8.31. The highest BCUT2D eigenvalue weighted by Gasteiger charge is 2.05. The van der Waals surface area contributed by atoms with E-state index >= 15 is 0 Å². The van der Waals surface area contributed by atoms with Crippen LogP contribution in [0.4, 0.5) is 0 Å². The first-order valence-electron chi connectivity index (χ1n) is 6.18. The van der Waals surface area contributed by atoms with Crippen LogP contribution in [0.3, 0.4) is 0 Å². The van der Waals surface area contributed by atoms with E-state index in [0.29, 0.717) is 19.0 Å². The molecule has 1 amide bonds. The van der Waals surface area contributed by atoms with Crippen molar-refractivity contribution in [2.75, 3.05) is 13.1 Å². The van der Waals surface area contributed by atoms with Crippen LogP contribution in [0.25, 0.3) is 0 Å². The Morgan fingerprint density at radius 2 is 2.19 bits per heavy atom. The molecule has 3 heteroatoms. The average Bonchev–Trinajstić information content (AvgIpc) is 2.30. The zero-order valence-corrected chi connectivity index (χ0v) is 10.5. The van der Waals surface area contributed by atoms with Gasteiger partial charge in [0.05, 0.1) is 6.54 Å². The Hall–Kier alpha value is -1.01. The molecule has 0 bridgehead atoms. The minimum absolute atomic E-state index is 0.0239. The van der Waals surface area contributed by atoms with E-state index < -0.39 is 0 Å². The van der Waals surface area contributed by atoms with E-state index in [-0.39, 0.29) is 5.91 Å². The summed E-state index contributed by atoms with van der Waals surface area (Å²) in [6, 6.07) is 0.542. The minimum atomic E-state index is 0.0239. The maximum atomic E-state index is 11.2. The molecule has 1 unspecified atom stereocenters. The molecule has 0 aliphatic carbocycles. The summed E-state index contributed by atoms with van der Waals surface area (Å²) in [6.45, 7) is 5.43. The second kappa shape index (κ2) is 10.5. The fraction of sp³-hybridized carbons (Fsp3) is 0.769. The second-order valence-corrected chi connectivity index (χ2v) is 3.93. The van der Waals surface area contributed by atoms with Gasteiger partial charge in [0.1, 0.15) is 0 Å². The van der Waals surface area contributed by atoms with Crippen molar-refractivity contribution in [3.05, 3.63) is 0 Å². The van der Waals surface area contributed by atoms with Crippen LogP contribution in [0.1, 0.15) is 46.0 Å². The molecule has 1 atom stereocenters. The highest BCUT2D eigenvalue weighted by Crippen LogP contribution is 2.03. The first-order chi connectivity index (χ1) is 7.74. The molecule has 0 aromatic carbocycles. The van der Waals surface area contributed by atoms with E-state index in [9.17, 15) is 4.79 Å². The predicted octanol–water partition coefficient (Wildman–Crippen LogP) is 1.68. The van der Waals surface area contributed by atoms with Crippen molar-refractivity contribution in [3.63, 3.8) is 0 Å². The predicted molar refractivity (Wildman–Crippen MR) is 68.1 cm³/mol. The first kappa shape index (κ1) is 15.0. The number of hydrogen-bond donors (Lipinski definition) is 2.